The van der Waals surface area contributed by atoms with Gasteiger partial charge in [-0.1, -0.05) is 30.3 Å². The second-order valence-corrected chi connectivity index (χ2v) is 9.40. The standard InChI is InChI=1S/C25H28N2O4S/c1-17-10-12-22(15-20(17)4)31-14-13-26-25(28)21-11-9-19(3)24(16-21)32(29,30)27-23-8-6-5-7-18(23)2/h5-12,15-16,27H,13-14H2,1-4H3,(H,26,28). The Morgan fingerprint density at radius 1 is 0.844 bits per heavy atom. The third kappa shape index (κ3) is 5.68. The Morgan fingerprint density at radius 3 is 2.28 bits per heavy atom. The lowest BCUT2D eigenvalue weighted by Crippen LogP contribution is -2.28. The number of hydrogen-bond donors (Lipinski definition) is 2. The lowest BCUT2D eigenvalue weighted by atomic mass is 10.1. The van der Waals surface area contributed by atoms with Gasteiger partial charge >= 0.3 is 0 Å². The molecule has 0 saturated heterocycles. The summed E-state index contributed by atoms with van der Waals surface area (Å²) in [7, 11) is -3.85. The molecule has 0 aliphatic carbocycles. The highest BCUT2D eigenvalue weighted by Crippen LogP contribution is 2.23. The van der Waals surface area contributed by atoms with Gasteiger partial charge < -0.3 is 10.1 Å². The Morgan fingerprint density at radius 2 is 1.56 bits per heavy atom. The molecule has 32 heavy (non-hydrogen) atoms. The summed E-state index contributed by atoms with van der Waals surface area (Å²) < 4.78 is 34.2. The molecule has 0 fully saturated rings. The molecule has 2 N–H and O–H groups in total. The second kappa shape index (κ2) is 9.87. The number of para-hydroxylation sites is 1. The minimum Gasteiger partial charge on any atom is -0.492 e. The summed E-state index contributed by atoms with van der Waals surface area (Å²) in [6.45, 7) is 8.18. The van der Waals surface area contributed by atoms with Gasteiger partial charge in [-0.3, -0.25) is 9.52 Å². The Kier molecular flexibility index (Phi) is 7.20. The summed E-state index contributed by atoms with van der Waals surface area (Å²) in [4.78, 5) is 12.6. The smallest absolute Gasteiger partial charge is 0.262 e. The van der Waals surface area contributed by atoms with Crippen LogP contribution in [0.1, 0.15) is 32.6 Å². The molecule has 0 aromatic heterocycles. The highest BCUT2D eigenvalue weighted by atomic mass is 32.2. The monoisotopic (exact) mass is 452 g/mol. The van der Waals surface area contributed by atoms with Crippen LogP contribution in [0.15, 0.2) is 65.6 Å². The fourth-order valence-electron chi connectivity index (χ4n) is 3.16. The molecule has 6 nitrogen and oxygen atoms in total. The molecular formula is C25H28N2O4S. The van der Waals surface area contributed by atoms with Gasteiger partial charge in [-0.2, -0.15) is 0 Å². The fraction of sp³-hybridized carbons (Fsp3) is 0.240. The Balaban J connectivity index is 1.65. The zero-order chi connectivity index (χ0) is 23.3. The van der Waals surface area contributed by atoms with Crippen molar-refractivity contribution in [1.29, 1.82) is 0 Å². The maximum Gasteiger partial charge on any atom is 0.262 e. The van der Waals surface area contributed by atoms with E-state index in [1.807, 2.05) is 51.1 Å². The van der Waals surface area contributed by atoms with Gasteiger partial charge in [0, 0.05) is 5.56 Å². The predicted octanol–water partition coefficient (Wildman–Crippen LogP) is 4.53. The first-order chi connectivity index (χ1) is 15.2. The summed E-state index contributed by atoms with van der Waals surface area (Å²) in [6, 6.07) is 17.6. The normalized spacial score (nSPS) is 11.1. The van der Waals surface area contributed by atoms with Gasteiger partial charge in [0.2, 0.25) is 0 Å². The first-order valence-electron chi connectivity index (χ1n) is 10.3. The van der Waals surface area contributed by atoms with Crippen LogP contribution in [-0.4, -0.2) is 27.5 Å². The van der Waals surface area contributed by atoms with Crippen molar-refractivity contribution in [2.45, 2.75) is 32.6 Å². The van der Waals surface area contributed by atoms with Crippen LogP contribution in [0.2, 0.25) is 0 Å². The molecule has 0 atom stereocenters. The molecule has 0 unspecified atom stereocenters. The van der Waals surface area contributed by atoms with Crippen LogP contribution in [0.5, 0.6) is 5.75 Å². The van der Waals surface area contributed by atoms with Gasteiger partial charge in [0.15, 0.2) is 0 Å². The minimum atomic E-state index is -3.85. The van der Waals surface area contributed by atoms with E-state index in [9.17, 15) is 13.2 Å². The Bertz CT molecular complexity index is 1240. The van der Waals surface area contributed by atoms with Crippen LogP contribution >= 0.6 is 0 Å². The summed E-state index contributed by atoms with van der Waals surface area (Å²) in [5.74, 6) is 0.384. The number of carbonyl (C=O) groups is 1. The topological polar surface area (TPSA) is 84.5 Å². The molecule has 0 heterocycles. The number of nitrogens with one attached hydrogen (secondary N) is 2. The number of anilines is 1. The SMILES string of the molecule is Cc1ccc(OCCNC(=O)c2ccc(C)c(S(=O)(=O)Nc3ccccc3C)c2)cc1C. The first-order valence-corrected chi connectivity index (χ1v) is 11.8. The molecule has 0 radical (unpaired) electrons. The number of amides is 1. The van der Waals surface area contributed by atoms with E-state index < -0.39 is 10.0 Å². The van der Waals surface area contributed by atoms with E-state index in [2.05, 4.69) is 10.0 Å². The average molecular weight is 453 g/mol. The van der Waals surface area contributed by atoms with Gasteiger partial charge in [0.25, 0.3) is 15.9 Å². The molecule has 0 bridgehead atoms. The number of sulfonamides is 1. The van der Waals surface area contributed by atoms with E-state index in [0.717, 1.165) is 16.9 Å². The Labute approximate surface area is 189 Å². The van der Waals surface area contributed by atoms with Crippen LogP contribution in [0.4, 0.5) is 5.69 Å². The molecule has 0 aliphatic rings. The van der Waals surface area contributed by atoms with Crippen molar-refractivity contribution >= 4 is 21.6 Å². The molecule has 3 aromatic rings. The molecule has 3 rings (SSSR count). The number of hydrogen-bond acceptors (Lipinski definition) is 4. The zero-order valence-electron chi connectivity index (χ0n) is 18.7. The largest absolute Gasteiger partial charge is 0.492 e. The fourth-order valence-corrected chi connectivity index (χ4v) is 4.56. The lowest BCUT2D eigenvalue weighted by molar-refractivity contribution is 0.0946. The van der Waals surface area contributed by atoms with E-state index in [4.69, 9.17) is 4.74 Å². The van der Waals surface area contributed by atoms with Crippen LogP contribution in [-0.2, 0) is 10.0 Å². The van der Waals surface area contributed by atoms with Crippen molar-refractivity contribution in [3.8, 4) is 5.75 Å². The van der Waals surface area contributed by atoms with Crippen molar-refractivity contribution in [1.82, 2.24) is 5.32 Å². The molecule has 0 aliphatic heterocycles. The number of carbonyl (C=O) groups excluding carboxylic acids is 1. The van der Waals surface area contributed by atoms with Crippen molar-refractivity contribution in [2.75, 3.05) is 17.9 Å². The van der Waals surface area contributed by atoms with E-state index in [0.29, 0.717) is 24.4 Å². The lowest BCUT2D eigenvalue weighted by Gasteiger charge is -2.14. The number of ether oxygens (including phenoxy) is 1. The van der Waals surface area contributed by atoms with E-state index in [1.54, 1.807) is 31.2 Å². The number of rotatable bonds is 8. The summed E-state index contributed by atoms with van der Waals surface area (Å²) in [5.41, 5.74) is 4.47. The third-order valence-corrected chi connectivity index (χ3v) is 6.77. The zero-order valence-corrected chi connectivity index (χ0v) is 19.5. The third-order valence-electron chi connectivity index (χ3n) is 5.26. The van der Waals surface area contributed by atoms with Crippen LogP contribution in [0.25, 0.3) is 0 Å². The highest BCUT2D eigenvalue weighted by molar-refractivity contribution is 7.92. The van der Waals surface area contributed by atoms with Gasteiger partial charge in [-0.05, 0) is 80.3 Å². The van der Waals surface area contributed by atoms with Gasteiger partial charge in [0.05, 0.1) is 17.1 Å². The predicted molar refractivity (Wildman–Crippen MR) is 127 cm³/mol. The van der Waals surface area contributed by atoms with Gasteiger partial charge in [0.1, 0.15) is 12.4 Å². The quantitative estimate of drug-likeness (QED) is 0.492. The number of benzene rings is 3. The van der Waals surface area contributed by atoms with E-state index >= 15 is 0 Å². The molecule has 3 aromatic carbocycles. The van der Waals surface area contributed by atoms with Crippen molar-refractivity contribution in [2.24, 2.45) is 0 Å². The van der Waals surface area contributed by atoms with Crippen molar-refractivity contribution < 1.29 is 17.9 Å². The van der Waals surface area contributed by atoms with Crippen LogP contribution in [0, 0.1) is 27.7 Å². The minimum absolute atomic E-state index is 0.0692. The maximum absolute atomic E-state index is 13.0. The molecule has 7 heteroatoms. The molecule has 168 valence electrons. The van der Waals surface area contributed by atoms with Gasteiger partial charge in [-0.15, -0.1) is 0 Å². The summed E-state index contributed by atoms with van der Waals surface area (Å²) in [6.07, 6.45) is 0. The van der Waals surface area contributed by atoms with E-state index in [-0.39, 0.29) is 16.4 Å². The van der Waals surface area contributed by atoms with Gasteiger partial charge in [-0.25, -0.2) is 8.42 Å². The van der Waals surface area contributed by atoms with Crippen LogP contribution < -0.4 is 14.8 Å². The second-order valence-electron chi connectivity index (χ2n) is 7.75. The Hall–Kier alpha value is -3.32. The highest BCUT2D eigenvalue weighted by Gasteiger charge is 2.20. The summed E-state index contributed by atoms with van der Waals surface area (Å²) >= 11 is 0. The molecule has 0 saturated carbocycles. The molecule has 0 spiro atoms. The first kappa shape index (κ1) is 23.3. The number of aryl methyl sites for hydroxylation is 4. The average Bonchev–Trinajstić information content (AvgIpc) is 2.75. The van der Waals surface area contributed by atoms with Crippen LogP contribution in [0.3, 0.4) is 0 Å². The molecular weight excluding hydrogens is 424 g/mol. The molecule has 1 amide bonds. The van der Waals surface area contributed by atoms with E-state index in [1.165, 1.54) is 11.6 Å². The van der Waals surface area contributed by atoms with Crippen molar-refractivity contribution in [3.05, 3.63) is 88.5 Å². The summed E-state index contributed by atoms with van der Waals surface area (Å²) in [5, 5.41) is 2.77. The maximum atomic E-state index is 13.0. The van der Waals surface area contributed by atoms with Crippen molar-refractivity contribution in [3.63, 3.8) is 0 Å².